The number of urea groups is 1. The van der Waals surface area contributed by atoms with Gasteiger partial charge in [0.15, 0.2) is 0 Å². The Kier molecular flexibility index (Phi) is 8.19. The lowest BCUT2D eigenvalue weighted by Gasteiger charge is -2.34. The summed E-state index contributed by atoms with van der Waals surface area (Å²) in [5.41, 5.74) is 9.96. The van der Waals surface area contributed by atoms with Crippen LogP contribution in [0.25, 0.3) is 0 Å². The molecule has 1 unspecified atom stereocenters. The lowest BCUT2D eigenvalue weighted by molar-refractivity contribution is -0.140. The van der Waals surface area contributed by atoms with Crippen LogP contribution in [-0.4, -0.2) is 68.3 Å². The lowest BCUT2D eigenvalue weighted by Crippen LogP contribution is -2.55. The Morgan fingerprint density at radius 3 is 2.59 bits per heavy atom. The molecule has 156 valence electrons. The minimum absolute atomic E-state index is 0.126. The van der Waals surface area contributed by atoms with Crippen LogP contribution < -0.4 is 16.7 Å². The third-order valence-corrected chi connectivity index (χ3v) is 4.91. The molecule has 5 N–H and O–H groups in total. The van der Waals surface area contributed by atoms with E-state index in [1.165, 1.54) is 0 Å². The van der Waals surface area contributed by atoms with E-state index in [2.05, 4.69) is 9.76 Å². The smallest absolute Gasteiger partial charge is 0.381 e. The number of carbonyl (C=O) groups excluding carboxylic acids is 2. The summed E-state index contributed by atoms with van der Waals surface area (Å²) in [7, 11) is -4.84. The Labute approximate surface area is 157 Å². The molecular weight excluding hydrogens is 384 g/mol. The zero-order chi connectivity index (χ0) is 19.9. The Morgan fingerprint density at radius 2 is 1.93 bits per heavy atom. The standard InChI is InChI=1S/C14H26N4O8S/c15-11(10-4-7-24-8-5-10)9-25-16-13(19)12-3-1-2-6-18(12)14(20)17-26-27(21,22)23/h10-12H,1-9,15H2,(H,16,19)(H,17,20)(H,21,22,23)/t11?,12-/m0/s1. The predicted octanol–water partition coefficient (Wildman–Crippen LogP) is -0.913. The number of carbonyl (C=O) groups is 2. The minimum atomic E-state index is -4.84. The highest BCUT2D eigenvalue weighted by molar-refractivity contribution is 7.80. The summed E-state index contributed by atoms with van der Waals surface area (Å²) in [6, 6.07) is -2.06. The normalized spacial score (nSPS) is 22.9. The third kappa shape index (κ3) is 7.20. The number of rotatable bonds is 7. The van der Waals surface area contributed by atoms with E-state index in [0.29, 0.717) is 32.5 Å². The molecule has 0 aromatic carbocycles. The molecule has 2 heterocycles. The maximum absolute atomic E-state index is 12.3. The van der Waals surface area contributed by atoms with Gasteiger partial charge in [0, 0.05) is 25.8 Å². The quantitative estimate of drug-likeness (QED) is 0.306. The van der Waals surface area contributed by atoms with Gasteiger partial charge in [-0.15, -0.1) is 4.28 Å². The molecule has 13 heteroatoms. The van der Waals surface area contributed by atoms with Crippen LogP contribution in [0, 0.1) is 5.92 Å². The van der Waals surface area contributed by atoms with Gasteiger partial charge in [-0.05, 0) is 38.0 Å². The summed E-state index contributed by atoms with van der Waals surface area (Å²) < 4.78 is 38.7. The van der Waals surface area contributed by atoms with Gasteiger partial charge in [-0.3, -0.25) is 14.2 Å². The molecule has 0 aromatic rings. The van der Waals surface area contributed by atoms with Crippen LogP contribution in [0.2, 0.25) is 0 Å². The molecule has 2 rings (SSSR count). The largest absolute Gasteiger partial charge is 0.418 e. The molecular formula is C14H26N4O8S. The Balaban J connectivity index is 1.80. The number of nitrogens with one attached hydrogen (secondary N) is 2. The Morgan fingerprint density at radius 1 is 1.22 bits per heavy atom. The number of piperidine rings is 1. The van der Waals surface area contributed by atoms with E-state index in [-0.39, 0.29) is 25.1 Å². The van der Waals surface area contributed by atoms with Crippen molar-refractivity contribution < 1.29 is 36.4 Å². The van der Waals surface area contributed by atoms with Gasteiger partial charge in [0.2, 0.25) is 0 Å². The van der Waals surface area contributed by atoms with Crippen LogP contribution in [0.5, 0.6) is 0 Å². The highest BCUT2D eigenvalue weighted by Crippen LogP contribution is 2.19. The SMILES string of the molecule is NC(CONC(=O)[C@@H]1CCCCN1C(=O)NOS(=O)(=O)O)C1CCOCC1. The van der Waals surface area contributed by atoms with E-state index < -0.39 is 28.4 Å². The molecule has 3 amide bonds. The summed E-state index contributed by atoms with van der Waals surface area (Å²) >= 11 is 0. The fourth-order valence-corrected chi connectivity index (χ4v) is 3.33. The summed E-state index contributed by atoms with van der Waals surface area (Å²) in [5, 5.41) is 0. The number of amides is 3. The third-order valence-electron chi connectivity index (χ3n) is 4.62. The highest BCUT2D eigenvalue weighted by atomic mass is 32.3. The van der Waals surface area contributed by atoms with Crippen molar-refractivity contribution in [1.29, 1.82) is 0 Å². The van der Waals surface area contributed by atoms with E-state index >= 15 is 0 Å². The maximum atomic E-state index is 12.3. The number of nitrogens with zero attached hydrogens (tertiary/aromatic N) is 1. The second-order valence-electron chi connectivity index (χ2n) is 6.51. The number of likely N-dealkylation sites (tertiary alicyclic amines) is 1. The monoisotopic (exact) mass is 410 g/mol. The molecule has 2 atom stereocenters. The van der Waals surface area contributed by atoms with Gasteiger partial charge in [-0.1, -0.05) is 0 Å². The van der Waals surface area contributed by atoms with Crippen LogP contribution in [0.1, 0.15) is 32.1 Å². The van der Waals surface area contributed by atoms with Crippen molar-refractivity contribution in [2.75, 3.05) is 26.4 Å². The van der Waals surface area contributed by atoms with E-state index in [4.69, 9.17) is 19.9 Å². The molecule has 0 saturated carbocycles. The van der Waals surface area contributed by atoms with Crippen molar-refractivity contribution in [2.45, 2.75) is 44.2 Å². The van der Waals surface area contributed by atoms with Gasteiger partial charge < -0.3 is 15.4 Å². The number of nitrogens with two attached hydrogens (primary N) is 1. The summed E-state index contributed by atoms with van der Waals surface area (Å²) in [6.45, 7) is 1.66. The second-order valence-corrected chi connectivity index (χ2v) is 7.54. The number of hydrogen-bond donors (Lipinski definition) is 4. The van der Waals surface area contributed by atoms with Crippen molar-refractivity contribution in [1.82, 2.24) is 15.9 Å². The van der Waals surface area contributed by atoms with Crippen molar-refractivity contribution in [3.63, 3.8) is 0 Å². The average molecular weight is 410 g/mol. The zero-order valence-corrected chi connectivity index (χ0v) is 15.7. The first-order chi connectivity index (χ1) is 12.8. The molecule has 0 bridgehead atoms. The van der Waals surface area contributed by atoms with Crippen LogP contribution in [0.4, 0.5) is 4.79 Å². The van der Waals surface area contributed by atoms with E-state index in [1.807, 2.05) is 0 Å². The molecule has 2 fully saturated rings. The first-order valence-corrected chi connectivity index (χ1v) is 10.1. The lowest BCUT2D eigenvalue weighted by atomic mass is 9.93. The maximum Gasteiger partial charge on any atom is 0.418 e. The van der Waals surface area contributed by atoms with Crippen molar-refractivity contribution in [3.8, 4) is 0 Å². The van der Waals surface area contributed by atoms with Crippen LogP contribution in [-0.2, 0) is 29.1 Å². The Hall–Kier alpha value is -1.51. The molecule has 27 heavy (non-hydrogen) atoms. The number of ether oxygens (including phenoxy) is 1. The van der Waals surface area contributed by atoms with E-state index in [0.717, 1.165) is 17.7 Å². The van der Waals surface area contributed by atoms with Gasteiger partial charge in [0.25, 0.3) is 5.91 Å². The fourth-order valence-electron chi connectivity index (χ4n) is 3.15. The minimum Gasteiger partial charge on any atom is -0.381 e. The van der Waals surface area contributed by atoms with Crippen molar-refractivity contribution in [3.05, 3.63) is 0 Å². The summed E-state index contributed by atoms with van der Waals surface area (Å²) in [5.74, 6) is -0.291. The molecule has 2 aliphatic heterocycles. The van der Waals surface area contributed by atoms with Gasteiger partial charge >= 0.3 is 16.4 Å². The molecule has 12 nitrogen and oxygen atoms in total. The second kappa shape index (κ2) is 10.1. The van der Waals surface area contributed by atoms with Crippen molar-refractivity contribution >= 4 is 22.3 Å². The van der Waals surface area contributed by atoms with Gasteiger partial charge in [0.1, 0.15) is 6.04 Å². The Bertz CT molecular complexity index is 610. The van der Waals surface area contributed by atoms with Gasteiger partial charge in [0.05, 0.1) is 6.61 Å². The number of hydroxylamine groups is 2. The molecule has 0 aliphatic carbocycles. The van der Waals surface area contributed by atoms with Crippen molar-refractivity contribution in [2.24, 2.45) is 11.7 Å². The fraction of sp³-hybridized carbons (Fsp3) is 0.857. The summed E-state index contributed by atoms with van der Waals surface area (Å²) in [6.07, 6.45) is 3.40. The van der Waals surface area contributed by atoms with Crippen LogP contribution >= 0.6 is 0 Å². The molecule has 0 radical (unpaired) electrons. The molecule has 2 aliphatic rings. The molecule has 0 aromatic heterocycles. The predicted molar refractivity (Wildman–Crippen MR) is 91.1 cm³/mol. The molecule has 2 saturated heterocycles. The van der Waals surface area contributed by atoms with Gasteiger partial charge in [-0.2, -0.15) is 13.9 Å². The van der Waals surface area contributed by atoms with E-state index in [9.17, 15) is 18.0 Å². The first kappa shape index (κ1) is 21.8. The van der Waals surface area contributed by atoms with E-state index in [1.54, 1.807) is 5.48 Å². The first-order valence-electron chi connectivity index (χ1n) is 8.75. The summed E-state index contributed by atoms with van der Waals surface area (Å²) in [4.78, 5) is 30.7. The zero-order valence-electron chi connectivity index (χ0n) is 14.8. The molecule has 0 spiro atoms. The van der Waals surface area contributed by atoms with Crippen LogP contribution in [0.3, 0.4) is 0 Å². The van der Waals surface area contributed by atoms with Gasteiger partial charge in [-0.25, -0.2) is 10.3 Å². The highest BCUT2D eigenvalue weighted by Gasteiger charge is 2.33. The topological polar surface area (TPSA) is 170 Å². The van der Waals surface area contributed by atoms with Crippen LogP contribution in [0.15, 0.2) is 0 Å². The average Bonchev–Trinajstić information content (AvgIpc) is 2.66. The number of hydrogen-bond acceptors (Lipinski definition) is 8.